The first-order valence-corrected chi connectivity index (χ1v) is 8.06. The fraction of sp³-hybridized carbons (Fsp3) is 0.538. The molecule has 1 aromatic carbocycles. The van der Waals surface area contributed by atoms with Crippen molar-refractivity contribution in [2.45, 2.75) is 36.4 Å². The summed E-state index contributed by atoms with van der Waals surface area (Å²) >= 11 is 0. The molecule has 2 rings (SSSR count). The summed E-state index contributed by atoms with van der Waals surface area (Å²) in [7, 11) is -3.79. The molecule has 1 fully saturated rings. The minimum absolute atomic E-state index is 0.0558. The van der Waals surface area contributed by atoms with Gasteiger partial charge in [-0.05, 0) is 43.5 Å². The molecule has 0 spiro atoms. The molecule has 1 atom stereocenters. The number of ether oxygens (including phenoxy) is 1. The Balaban J connectivity index is 1.95. The van der Waals surface area contributed by atoms with Gasteiger partial charge in [-0.15, -0.1) is 0 Å². The predicted octanol–water partition coefficient (Wildman–Crippen LogP) is 2.55. The second-order valence-electron chi connectivity index (χ2n) is 4.84. The molecule has 1 aliphatic rings. The van der Waals surface area contributed by atoms with Gasteiger partial charge in [0.05, 0.1) is 16.6 Å². The first-order chi connectivity index (χ1) is 9.79. The quantitative estimate of drug-likeness (QED) is 0.906. The summed E-state index contributed by atoms with van der Waals surface area (Å²) in [6.07, 6.45) is -1.99. The Hall–Kier alpha value is -1.12. The maximum atomic E-state index is 12.4. The van der Waals surface area contributed by atoms with Crippen LogP contribution in [0.25, 0.3) is 0 Å². The topological polar surface area (TPSA) is 55.4 Å². The van der Waals surface area contributed by atoms with E-state index in [1.54, 1.807) is 0 Å². The third kappa shape index (κ3) is 4.42. The van der Waals surface area contributed by atoms with Crippen LogP contribution in [0.3, 0.4) is 0 Å². The summed E-state index contributed by atoms with van der Waals surface area (Å²) in [6.45, 7) is 0.893. The van der Waals surface area contributed by atoms with Gasteiger partial charge < -0.3 is 4.74 Å². The highest BCUT2D eigenvalue weighted by Gasteiger charge is 2.30. The summed E-state index contributed by atoms with van der Waals surface area (Å²) in [5, 5.41) is 0. The molecule has 1 aromatic rings. The van der Waals surface area contributed by atoms with Gasteiger partial charge in [0.15, 0.2) is 0 Å². The third-order valence-corrected chi connectivity index (χ3v) is 4.75. The summed E-state index contributed by atoms with van der Waals surface area (Å²) < 4.78 is 68.8. The van der Waals surface area contributed by atoms with Gasteiger partial charge >= 0.3 is 6.18 Å². The number of rotatable bonds is 5. The summed E-state index contributed by atoms with van der Waals surface area (Å²) in [6, 6.07) is 3.43. The molecular weight excluding hydrogens is 307 g/mol. The number of nitrogens with one attached hydrogen (secondary N) is 1. The van der Waals surface area contributed by atoms with Crippen LogP contribution in [-0.2, 0) is 20.9 Å². The molecule has 0 bridgehead atoms. The molecule has 8 heteroatoms. The second-order valence-corrected chi connectivity index (χ2v) is 6.61. The normalized spacial score (nSPS) is 19.9. The van der Waals surface area contributed by atoms with Crippen LogP contribution in [0.1, 0.15) is 24.8 Å². The molecule has 0 aromatic heterocycles. The van der Waals surface area contributed by atoms with Gasteiger partial charge in [0.2, 0.25) is 10.0 Å². The van der Waals surface area contributed by atoms with E-state index in [1.165, 1.54) is 0 Å². The number of sulfonamides is 1. The minimum Gasteiger partial charge on any atom is -0.378 e. The van der Waals surface area contributed by atoms with Crippen molar-refractivity contribution >= 4 is 10.0 Å². The standard InChI is InChI=1S/C13H16F3NO3S/c14-13(15,16)10-3-5-12(6-4-10)21(18,19)17-8-7-11-2-1-9-20-11/h3-6,11,17H,1-2,7-9H2. The molecule has 1 unspecified atom stereocenters. The molecule has 0 saturated carbocycles. The highest BCUT2D eigenvalue weighted by atomic mass is 32.2. The number of alkyl halides is 3. The lowest BCUT2D eigenvalue weighted by molar-refractivity contribution is -0.137. The van der Waals surface area contributed by atoms with Crippen LogP contribution in [0.2, 0.25) is 0 Å². The molecule has 1 N–H and O–H groups in total. The van der Waals surface area contributed by atoms with Crippen LogP contribution in [0, 0.1) is 0 Å². The molecular formula is C13H16F3NO3S. The van der Waals surface area contributed by atoms with Gasteiger partial charge in [0.25, 0.3) is 0 Å². The number of hydrogen-bond acceptors (Lipinski definition) is 3. The van der Waals surface area contributed by atoms with Crippen molar-refractivity contribution in [2.75, 3.05) is 13.2 Å². The second kappa shape index (κ2) is 6.33. The van der Waals surface area contributed by atoms with Crippen molar-refractivity contribution in [3.05, 3.63) is 29.8 Å². The molecule has 1 aliphatic heterocycles. The van der Waals surface area contributed by atoms with Crippen LogP contribution in [0.4, 0.5) is 13.2 Å². The third-order valence-electron chi connectivity index (χ3n) is 3.27. The van der Waals surface area contributed by atoms with Crippen LogP contribution in [-0.4, -0.2) is 27.7 Å². The summed E-state index contributed by atoms with van der Waals surface area (Å²) in [4.78, 5) is -0.178. The zero-order chi connectivity index (χ0) is 15.5. The molecule has 0 aliphatic carbocycles. The van der Waals surface area contributed by atoms with E-state index in [1.807, 2.05) is 0 Å². The van der Waals surface area contributed by atoms with Crippen molar-refractivity contribution in [1.29, 1.82) is 0 Å². The lowest BCUT2D eigenvalue weighted by Crippen LogP contribution is -2.27. The van der Waals surface area contributed by atoms with Crippen LogP contribution < -0.4 is 4.72 Å². The van der Waals surface area contributed by atoms with Crippen molar-refractivity contribution in [3.8, 4) is 0 Å². The number of hydrogen-bond donors (Lipinski definition) is 1. The largest absolute Gasteiger partial charge is 0.416 e. The highest BCUT2D eigenvalue weighted by Crippen LogP contribution is 2.29. The molecule has 1 saturated heterocycles. The van der Waals surface area contributed by atoms with E-state index in [9.17, 15) is 21.6 Å². The average molecular weight is 323 g/mol. The molecule has 4 nitrogen and oxygen atoms in total. The van der Waals surface area contributed by atoms with E-state index < -0.39 is 21.8 Å². The van der Waals surface area contributed by atoms with E-state index in [-0.39, 0.29) is 17.5 Å². The fourth-order valence-electron chi connectivity index (χ4n) is 2.13. The van der Waals surface area contributed by atoms with E-state index >= 15 is 0 Å². The predicted molar refractivity (Wildman–Crippen MR) is 70.2 cm³/mol. The zero-order valence-electron chi connectivity index (χ0n) is 11.2. The Morgan fingerprint density at radius 2 is 1.90 bits per heavy atom. The van der Waals surface area contributed by atoms with Gasteiger partial charge in [-0.1, -0.05) is 0 Å². The van der Waals surface area contributed by atoms with Crippen molar-refractivity contribution in [1.82, 2.24) is 4.72 Å². The maximum absolute atomic E-state index is 12.4. The summed E-state index contributed by atoms with van der Waals surface area (Å²) in [5.41, 5.74) is -0.874. The molecule has 21 heavy (non-hydrogen) atoms. The monoisotopic (exact) mass is 323 g/mol. The average Bonchev–Trinajstić information content (AvgIpc) is 2.91. The van der Waals surface area contributed by atoms with Crippen molar-refractivity contribution in [3.63, 3.8) is 0 Å². The van der Waals surface area contributed by atoms with Crippen molar-refractivity contribution < 1.29 is 26.3 Å². The van der Waals surface area contributed by atoms with Crippen LogP contribution in [0.15, 0.2) is 29.2 Å². The molecule has 1 heterocycles. The van der Waals surface area contributed by atoms with Crippen LogP contribution in [0.5, 0.6) is 0 Å². The van der Waals surface area contributed by atoms with Gasteiger partial charge in [-0.3, -0.25) is 0 Å². The lowest BCUT2D eigenvalue weighted by atomic mass is 10.2. The van der Waals surface area contributed by atoms with Gasteiger partial charge in [-0.2, -0.15) is 13.2 Å². The van der Waals surface area contributed by atoms with E-state index in [0.29, 0.717) is 13.0 Å². The smallest absolute Gasteiger partial charge is 0.378 e. The zero-order valence-corrected chi connectivity index (χ0v) is 12.0. The molecule has 0 amide bonds. The van der Waals surface area contributed by atoms with E-state index in [4.69, 9.17) is 4.74 Å². The van der Waals surface area contributed by atoms with Crippen LogP contribution >= 0.6 is 0 Å². The first-order valence-electron chi connectivity index (χ1n) is 6.57. The van der Waals surface area contributed by atoms with E-state index in [0.717, 1.165) is 37.1 Å². The van der Waals surface area contributed by atoms with Crippen molar-refractivity contribution in [2.24, 2.45) is 0 Å². The lowest BCUT2D eigenvalue weighted by Gasteiger charge is -2.11. The molecule has 118 valence electrons. The summed E-state index contributed by atoms with van der Waals surface area (Å²) in [5.74, 6) is 0. The first kappa shape index (κ1) is 16.3. The SMILES string of the molecule is O=S(=O)(NCCC1CCCO1)c1ccc(C(F)(F)F)cc1. The Bertz CT molecular complexity index is 563. The Labute approximate surface area is 121 Å². The van der Waals surface area contributed by atoms with E-state index in [2.05, 4.69) is 4.72 Å². The highest BCUT2D eigenvalue weighted by molar-refractivity contribution is 7.89. The Morgan fingerprint density at radius 3 is 2.43 bits per heavy atom. The Kier molecular flexibility index (Phi) is 4.90. The molecule has 0 radical (unpaired) electrons. The minimum atomic E-state index is -4.48. The Morgan fingerprint density at radius 1 is 1.24 bits per heavy atom. The van der Waals surface area contributed by atoms with Gasteiger partial charge in [0.1, 0.15) is 0 Å². The fourth-order valence-corrected chi connectivity index (χ4v) is 3.18. The van der Waals surface area contributed by atoms with Gasteiger partial charge in [0, 0.05) is 13.2 Å². The number of halogens is 3. The van der Waals surface area contributed by atoms with Gasteiger partial charge in [-0.25, -0.2) is 13.1 Å². The maximum Gasteiger partial charge on any atom is 0.416 e. The number of benzene rings is 1.